The molecule has 5 heteroatoms. The Kier molecular flexibility index (Phi) is 5.30. The molecule has 21 heavy (non-hydrogen) atoms. The van der Waals surface area contributed by atoms with Crippen LogP contribution in [0.2, 0.25) is 0 Å². The Morgan fingerprint density at radius 2 is 1.62 bits per heavy atom. The van der Waals surface area contributed by atoms with Gasteiger partial charge < -0.3 is 14.6 Å². The Balaban J connectivity index is 2.53. The van der Waals surface area contributed by atoms with E-state index in [0.29, 0.717) is 17.1 Å². The average Bonchev–Trinajstić information content (AvgIpc) is 2.46. The first-order chi connectivity index (χ1) is 9.97. The molecule has 0 radical (unpaired) electrons. The maximum absolute atomic E-state index is 10.7. The van der Waals surface area contributed by atoms with Crippen LogP contribution >= 0.6 is 31.9 Å². The quantitative estimate of drug-likeness (QED) is 0.791. The fourth-order valence-electron chi connectivity index (χ4n) is 2.21. The van der Waals surface area contributed by atoms with Gasteiger partial charge in [0.2, 0.25) is 0 Å². The molecule has 0 aliphatic carbocycles. The molecule has 0 amide bonds. The van der Waals surface area contributed by atoms with Crippen molar-refractivity contribution in [1.29, 1.82) is 0 Å². The molecule has 2 aromatic rings. The SMILES string of the molecule is COc1cc(C(O)c2ccc(Br)cc2C)c(OC)cc1Br. The predicted octanol–water partition coefficient (Wildman–Crippen LogP) is 4.62. The number of aryl methyl sites for hydroxylation is 1. The third-order valence-corrected chi connectivity index (χ3v) is 4.44. The van der Waals surface area contributed by atoms with Gasteiger partial charge in [0, 0.05) is 10.0 Å². The second-order valence-electron chi connectivity index (χ2n) is 4.63. The molecule has 1 unspecified atom stereocenters. The fourth-order valence-corrected chi connectivity index (χ4v) is 3.17. The van der Waals surface area contributed by atoms with Crippen molar-refractivity contribution < 1.29 is 14.6 Å². The smallest absolute Gasteiger partial charge is 0.133 e. The summed E-state index contributed by atoms with van der Waals surface area (Å²) in [5.74, 6) is 1.26. The summed E-state index contributed by atoms with van der Waals surface area (Å²) < 4.78 is 12.4. The molecule has 2 rings (SSSR count). The van der Waals surface area contributed by atoms with Gasteiger partial charge in [-0.25, -0.2) is 0 Å². The minimum Gasteiger partial charge on any atom is -0.496 e. The lowest BCUT2D eigenvalue weighted by molar-refractivity contribution is 0.213. The molecule has 0 bridgehead atoms. The number of halogens is 2. The molecule has 3 nitrogen and oxygen atoms in total. The highest BCUT2D eigenvalue weighted by molar-refractivity contribution is 9.10. The van der Waals surface area contributed by atoms with Gasteiger partial charge in [-0.2, -0.15) is 0 Å². The first kappa shape index (κ1) is 16.3. The van der Waals surface area contributed by atoms with E-state index in [0.717, 1.165) is 20.1 Å². The van der Waals surface area contributed by atoms with Gasteiger partial charge in [-0.3, -0.25) is 0 Å². The largest absolute Gasteiger partial charge is 0.496 e. The number of ether oxygens (including phenoxy) is 2. The maximum atomic E-state index is 10.7. The van der Waals surface area contributed by atoms with Crippen molar-refractivity contribution in [2.24, 2.45) is 0 Å². The molecule has 1 atom stereocenters. The van der Waals surface area contributed by atoms with Gasteiger partial charge in [0.25, 0.3) is 0 Å². The third-order valence-electron chi connectivity index (χ3n) is 3.33. The zero-order valence-electron chi connectivity index (χ0n) is 12.0. The number of aliphatic hydroxyl groups is 1. The number of hydrogen-bond donors (Lipinski definition) is 1. The zero-order chi connectivity index (χ0) is 15.6. The molecule has 1 N–H and O–H groups in total. The number of rotatable bonds is 4. The fraction of sp³-hybridized carbons (Fsp3) is 0.250. The minimum atomic E-state index is -0.782. The van der Waals surface area contributed by atoms with Gasteiger partial charge in [0.1, 0.15) is 17.6 Å². The van der Waals surface area contributed by atoms with Crippen LogP contribution in [-0.2, 0) is 0 Å². The molecule has 0 aliphatic heterocycles. The van der Waals surface area contributed by atoms with Crippen LogP contribution < -0.4 is 9.47 Å². The van der Waals surface area contributed by atoms with Gasteiger partial charge in [-0.15, -0.1) is 0 Å². The van der Waals surface area contributed by atoms with Crippen molar-refractivity contribution in [2.45, 2.75) is 13.0 Å². The summed E-state index contributed by atoms with van der Waals surface area (Å²) in [5.41, 5.74) is 2.50. The predicted molar refractivity (Wildman–Crippen MR) is 90.2 cm³/mol. The Labute approximate surface area is 141 Å². The normalized spacial score (nSPS) is 12.1. The summed E-state index contributed by atoms with van der Waals surface area (Å²) in [6.07, 6.45) is -0.782. The Morgan fingerprint density at radius 3 is 2.19 bits per heavy atom. The molecule has 0 saturated heterocycles. The van der Waals surface area contributed by atoms with Gasteiger partial charge in [-0.1, -0.05) is 22.0 Å². The molecule has 0 aromatic heterocycles. The summed E-state index contributed by atoms with van der Waals surface area (Å²) in [4.78, 5) is 0. The summed E-state index contributed by atoms with van der Waals surface area (Å²) in [6.45, 7) is 1.96. The molecule has 0 spiro atoms. The highest BCUT2D eigenvalue weighted by Crippen LogP contribution is 2.38. The molecule has 0 heterocycles. The summed E-state index contributed by atoms with van der Waals surface area (Å²) in [5, 5.41) is 10.7. The average molecular weight is 416 g/mol. The number of aliphatic hydroxyl groups excluding tert-OH is 1. The third kappa shape index (κ3) is 3.42. The van der Waals surface area contributed by atoms with E-state index in [1.165, 1.54) is 0 Å². The van der Waals surface area contributed by atoms with Crippen LogP contribution in [0.3, 0.4) is 0 Å². The van der Waals surface area contributed by atoms with Crippen LogP contribution in [0.25, 0.3) is 0 Å². The molecular weight excluding hydrogens is 400 g/mol. The summed E-state index contributed by atoms with van der Waals surface area (Å²) in [7, 11) is 3.17. The van der Waals surface area contributed by atoms with E-state index in [1.807, 2.05) is 25.1 Å². The molecule has 0 fully saturated rings. The van der Waals surface area contributed by atoms with Crippen LogP contribution in [0.15, 0.2) is 39.3 Å². The van der Waals surface area contributed by atoms with Crippen molar-refractivity contribution in [3.8, 4) is 11.5 Å². The van der Waals surface area contributed by atoms with Crippen LogP contribution in [0.1, 0.15) is 22.8 Å². The maximum Gasteiger partial charge on any atom is 0.133 e. The van der Waals surface area contributed by atoms with Crippen molar-refractivity contribution in [3.63, 3.8) is 0 Å². The van der Waals surface area contributed by atoms with E-state index in [-0.39, 0.29) is 0 Å². The molecular formula is C16H16Br2O3. The minimum absolute atomic E-state index is 0.609. The second kappa shape index (κ2) is 6.81. The molecule has 0 saturated carbocycles. The number of methoxy groups -OCH3 is 2. The standard InChI is InChI=1S/C16H16Br2O3/c1-9-6-10(17)4-5-11(9)16(19)12-7-15(21-3)13(18)8-14(12)20-2/h4-8,16,19H,1-3H3. The van der Waals surface area contributed by atoms with Gasteiger partial charge >= 0.3 is 0 Å². The van der Waals surface area contributed by atoms with Crippen LogP contribution in [0.5, 0.6) is 11.5 Å². The highest BCUT2D eigenvalue weighted by Gasteiger charge is 2.20. The van der Waals surface area contributed by atoms with Gasteiger partial charge in [0.15, 0.2) is 0 Å². The van der Waals surface area contributed by atoms with Gasteiger partial charge in [-0.05, 0) is 58.2 Å². The van der Waals surface area contributed by atoms with E-state index in [2.05, 4.69) is 31.9 Å². The van der Waals surface area contributed by atoms with Crippen molar-refractivity contribution >= 4 is 31.9 Å². The molecule has 112 valence electrons. The first-order valence-electron chi connectivity index (χ1n) is 6.33. The molecule has 2 aromatic carbocycles. The van der Waals surface area contributed by atoms with Crippen molar-refractivity contribution in [2.75, 3.05) is 14.2 Å². The Bertz CT molecular complexity index is 656. The number of benzene rings is 2. The zero-order valence-corrected chi connectivity index (χ0v) is 15.2. The van der Waals surface area contributed by atoms with E-state index < -0.39 is 6.10 Å². The van der Waals surface area contributed by atoms with Crippen LogP contribution in [-0.4, -0.2) is 19.3 Å². The van der Waals surface area contributed by atoms with Gasteiger partial charge in [0.05, 0.1) is 18.7 Å². The Morgan fingerprint density at radius 1 is 0.952 bits per heavy atom. The number of hydrogen-bond acceptors (Lipinski definition) is 3. The van der Waals surface area contributed by atoms with Crippen LogP contribution in [0, 0.1) is 6.92 Å². The lowest BCUT2D eigenvalue weighted by Crippen LogP contribution is -2.05. The van der Waals surface area contributed by atoms with Crippen LogP contribution in [0.4, 0.5) is 0 Å². The van der Waals surface area contributed by atoms with Crippen molar-refractivity contribution in [1.82, 2.24) is 0 Å². The summed E-state index contributed by atoms with van der Waals surface area (Å²) >= 11 is 6.85. The molecule has 0 aliphatic rings. The van der Waals surface area contributed by atoms with E-state index in [9.17, 15) is 5.11 Å². The first-order valence-corrected chi connectivity index (χ1v) is 7.92. The monoisotopic (exact) mass is 414 g/mol. The lowest BCUT2D eigenvalue weighted by Gasteiger charge is -2.19. The topological polar surface area (TPSA) is 38.7 Å². The van der Waals surface area contributed by atoms with E-state index in [4.69, 9.17) is 9.47 Å². The van der Waals surface area contributed by atoms with E-state index >= 15 is 0 Å². The highest BCUT2D eigenvalue weighted by atomic mass is 79.9. The summed E-state index contributed by atoms with van der Waals surface area (Å²) in [6, 6.07) is 9.37. The van der Waals surface area contributed by atoms with E-state index in [1.54, 1.807) is 26.4 Å². The Hall–Kier alpha value is -1.04. The van der Waals surface area contributed by atoms with Crippen molar-refractivity contribution in [3.05, 3.63) is 56.0 Å². The second-order valence-corrected chi connectivity index (χ2v) is 6.40. The lowest BCUT2D eigenvalue weighted by atomic mass is 9.96.